The van der Waals surface area contributed by atoms with E-state index in [9.17, 15) is 15.3 Å². The van der Waals surface area contributed by atoms with Gasteiger partial charge in [-0.2, -0.15) is 0 Å². The number of hydrogen-bond donors (Lipinski definition) is 3. The molecule has 0 bridgehead atoms. The van der Waals surface area contributed by atoms with Gasteiger partial charge >= 0.3 is 0 Å². The zero-order valence-electron chi connectivity index (χ0n) is 19.8. The maximum absolute atomic E-state index is 11.3. The fourth-order valence-electron chi connectivity index (χ4n) is 6.93. The van der Waals surface area contributed by atoms with Crippen LogP contribution in [0.4, 0.5) is 0 Å². The van der Waals surface area contributed by atoms with Crippen LogP contribution in [0.2, 0.25) is 0 Å². The van der Waals surface area contributed by atoms with Gasteiger partial charge in [0.05, 0.1) is 18.3 Å². The first-order valence-electron chi connectivity index (χ1n) is 12.0. The highest BCUT2D eigenvalue weighted by molar-refractivity contribution is 5.43. The van der Waals surface area contributed by atoms with Gasteiger partial charge in [-0.3, -0.25) is 0 Å². The SMILES string of the molecule is CCC1=CC[C@H]2C3=CC=C4C[C@](O)(OCC=CC(C)(C)O)C[C@H](O)[C@]4(C)[C@@H]3CC[C@]12C. The van der Waals surface area contributed by atoms with Crippen molar-refractivity contribution in [3.63, 3.8) is 0 Å². The number of rotatable bonds is 5. The third-order valence-electron chi connectivity index (χ3n) is 8.78. The number of hydrogen-bond acceptors (Lipinski definition) is 4. The summed E-state index contributed by atoms with van der Waals surface area (Å²) in [6.45, 7) is 10.5. The summed E-state index contributed by atoms with van der Waals surface area (Å²) in [7, 11) is 0. The Morgan fingerprint density at radius 3 is 2.65 bits per heavy atom. The van der Waals surface area contributed by atoms with Crippen LogP contribution < -0.4 is 0 Å². The molecule has 0 amide bonds. The molecule has 4 aliphatic rings. The van der Waals surface area contributed by atoms with E-state index in [0.717, 1.165) is 31.3 Å². The lowest BCUT2D eigenvalue weighted by Gasteiger charge is -2.57. The Hall–Kier alpha value is -1.20. The third-order valence-corrected chi connectivity index (χ3v) is 8.78. The molecular formula is C27H40O4. The number of ether oxygens (including phenoxy) is 1. The lowest BCUT2D eigenvalue weighted by atomic mass is 9.49. The smallest absolute Gasteiger partial charge is 0.172 e. The molecule has 4 aliphatic carbocycles. The van der Waals surface area contributed by atoms with Gasteiger partial charge in [0.15, 0.2) is 5.79 Å². The van der Waals surface area contributed by atoms with E-state index in [1.165, 1.54) is 5.57 Å². The highest BCUT2D eigenvalue weighted by Gasteiger charge is 2.58. The van der Waals surface area contributed by atoms with Crippen LogP contribution in [-0.2, 0) is 4.74 Å². The normalized spacial score (nSPS) is 42.5. The summed E-state index contributed by atoms with van der Waals surface area (Å²) >= 11 is 0. The first kappa shape index (κ1) is 23.0. The summed E-state index contributed by atoms with van der Waals surface area (Å²) in [5.74, 6) is -0.523. The minimum atomic E-state index is -1.38. The fourth-order valence-corrected chi connectivity index (χ4v) is 6.93. The Morgan fingerprint density at radius 2 is 1.97 bits per heavy atom. The maximum Gasteiger partial charge on any atom is 0.172 e. The van der Waals surface area contributed by atoms with Crippen molar-refractivity contribution in [1.82, 2.24) is 0 Å². The Morgan fingerprint density at radius 1 is 1.23 bits per heavy atom. The molecule has 2 fully saturated rings. The van der Waals surface area contributed by atoms with Gasteiger partial charge in [0.1, 0.15) is 0 Å². The number of aliphatic hydroxyl groups is 3. The lowest BCUT2D eigenvalue weighted by Crippen LogP contribution is -2.56. The fraction of sp³-hybridized carbons (Fsp3) is 0.704. The second-order valence-electron chi connectivity index (χ2n) is 11.2. The molecule has 6 atom stereocenters. The van der Waals surface area contributed by atoms with Crippen LogP contribution in [0.15, 0.2) is 47.1 Å². The van der Waals surface area contributed by atoms with E-state index in [0.29, 0.717) is 18.3 Å². The molecule has 0 unspecified atom stereocenters. The topological polar surface area (TPSA) is 69.9 Å². The molecule has 0 heterocycles. The van der Waals surface area contributed by atoms with Crippen molar-refractivity contribution in [2.24, 2.45) is 22.7 Å². The summed E-state index contributed by atoms with van der Waals surface area (Å²) in [5.41, 5.74) is 3.19. The first-order chi connectivity index (χ1) is 14.4. The van der Waals surface area contributed by atoms with E-state index in [4.69, 9.17) is 4.74 Å². The molecule has 0 aliphatic heterocycles. The predicted molar refractivity (Wildman–Crippen MR) is 123 cm³/mol. The second kappa shape index (κ2) is 7.69. The molecular weight excluding hydrogens is 388 g/mol. The van der Waals surface area contributed by atoms with Crippen molar-refractivity contribution in [1.29, 1.82) is 0 Å². The highest BCUT2D eigenvalue weighted by Crippen LogP contribution is 2.64. The molecule has 4 rings (SSSR count). The minimum Gasteiger partial charge on any atom is -0.392 e. The molecule has 0 saturated heterocycles. The summed E-state index contributed by atoms with van der Waals surface area (Å²) in [6.07, 6.45) is 14.7. The Labute approximate surface area is 187 Å². The molecule has 4 heteroatoms. The van der Waals surface area contributed by atoms with E-state index >= 15 is 0 Å². The summed E-state index contributed by atoms with van der Waals surface area (Å²) < 4.78 is 5.81. The van der Waals surface area contributed by atoms with Crippen LogP contribution in [0.1, 0.15) is 73.1 Å². The average molecular weight is 429 g/mol. The van der Waals surface area contributed by atoms with Gasteiger partial charge in [-0.25, -0.2) is 0 Å². The van der Waals surface area contributed by atoms with Crippen molar-refractivity contribution in [2.75, 3.05) is 6.61 Å². The Kier molecular flexibility index (Phi) is 5.70. The van der Waals surface area contributed by atoms with Crippen molar-refractivity contribution in [3.05, 3.63) is 47.1 Å². The molecule has 3 N–H and O–H groups in total. The van der Waals surface area contributed by atoms with Gasteiger partial charge in [0.25, 0.3) is 0 Å². The van der Waals surface area contributed by atoms with Gasteiger partial charge in [-0.15, -0.1) is 0 Å². The Bertz CT molecular complexity index is 844. The van der Waals surface area contributed by atoms with Crippen molar-refractivity contribution >= 4 is 0 Å². The van der Waals surface area contributed by atoms with Gasteiger partial charge in [-0.05, 0) is 56.8 Å². The number of allylic oxidation sites excluding steroid dienone is 5. The summed E-state index contributed by atoms with van der Waals surface area (Å²) in [6, 6.07) is 0. The lowest BCUT2D eigenvalue weighted by molar-refractivity contribution is -0.237. The van der Waals surface area contributed by atoms with Crippen LogP contribution >= 0.6 is 0 Å². The molecule has 0 spiro atoms. The average Bonchev–Trinajstić information content (AvgIpc) is 3.02. The van der Waals surface area contributed by atoms with Gasteiger partial charge in [0.2, 0.25) is 0 Å². The number of fused-ring (bicyclic) bond motifs is 5. The largest absolute Gasteiger partial charge is 0.392 e. The highest BCUT2D eigenvalue weighted by atomic mass is 16.6. The quantitative estimate of drug-likeness (QED) is 0.434. The molecule has 0 radical (unpaired) electrons. The van der Waals surface area contributed by atoms with Gasteiger partial charge in [0, 0.05) is 18.3 Å². The molecule has 172 valence electrons. The molecule has 0 aromatic heterocycles. The van der Waals surface area contributed by atoms with Crippen LogP contribution in [-0.4, -0.2) is 39.4 Å². The molecule has 0 aromatic rings. The van der Waals surface area contributed by atoms with Crippen LogP contribution in [0, 0.1) is 22.7 Å². The van der Waals surface area contributed by atoms with E-state index in [2.05, 4.69) is 39.0 Å². The van der Waals surface area contributed by atoms with Crippen LogP contribution in [0.5, 0.6) is 0 Å². The molecule has 2 saturated carbocycles. The van der Waals surface area contributed by atoms with E-state index in [-0.39, 0.29) is 23.9 Å². The summed E-state index contributed by atoms with van der Waals surface area (Å²) in [5, 5.41) is 32.3. The third kappa shape index (κ3) is 3.80. The number of aliphatic hydroxyl groups excluding tert-OH is 1. The van der Waals surface area contributed by atoms with Crippen LogP contribution in [0.3, 0.4) is 0 Å². The second-order valence-corrected chi connectivity index (χ2v) is 11.2. The molecule has 0 aromatic carbocycles. The zero-order valence-corrected chi connectivity index (χ0v) is 19.8. The monoisotopic (exact) mass is 428 g/mol. The Balaban J connectivity index is 1.57. The predicted octanol–water partition coefficient (Wildman–Crippen LogP) is 4.82. The first-order valence-corrected chi connectivity index (χ1v) is 12.0. The van der Waals surface area contributed by atoms with E-state index in [1.807, 2.05) is 0 Å². The van der Waals surface area contributed by atoms with Gasteiger partial charge < -0.3 is 20.1 Å². The van der Waals surface area contributed by atoms with Crippen molar-refractivity contribution in [3.8, 4) is 0 Å². The van der Waals surface area contributed by atoms with Gasteiger partial charge in [-0.1, -0.05) is 67.9 Å². The molecule has 4 nitrogen and oxygen atoms in total. The molecule has 31 heavy (non-hydrogen) atoms. The maximum atomic E-state index is 11.3. The minimum absolute atomic E-state index is 0.202. The summed E-state index contributed by atoms with van der Waals surface area (Å²) in [4.78, 5) is 0. The van der Waals surface area contributed by atoms with Crippen molar-refractivity contribution < 1.29 is 20.1 Å². The van der Waals surface area contributed by atoms with E-state index in [1.54, 1.807) is 31.6 Å². The van der Waals surface area contributed by atoms with Crippen molar-refractivity contribution in [2.45, 2.75) is 90.6 Å². The van der Waals surface area contributed by atoms with Crippen LogP contribution in [0.25, 0.3) is 0 Å². The zero-order chi connectivity index (χ0) is 22.7. The standard InChI is InChI=1S/C27H40O4/c1-6-18-9-11-21-20-10-8-19-16-27(30,31-15-7-13-24(2,3)29)17-23(28)26(19,5)22(20)12-14-25(18,21)4/h7-10,13,21-23,28-30H,6,11-12,14-17H2,1-5H3/t21-,22+,23-,25+,26-,27-/m0/s1. The van der Waals surface area contributed by atoms with E-state index < -0.39 is 17.5 Å².